The first kappa shape index (κ1) is 20.0. The van der Waals surface area contributed by atoms with E-state index in [1.807, 2.05) is 0 Å². The van der Waals surface area contributed by atoms with Gasteiger partial charge < -0.3 is 24.9 Å². The number of ether oxygens (including phenoxy) is 2. The number of fused-ring (bicyclic) bond motifs is 1. The summed E-state index contributed by atoms with van der Waals surface area (Å²) in [7, 11) is 2.96. The van der Waals surface area contributed by atoms with Crippen molar-refractivity contribution < 1.29 is 24.2 Å². The van der Waals surface area contributed by atoms with Crippen molar-refractivity contribution in [3.05, 3.63) is 58.5 Å². The van der Waals surface area contributed by atoms with Crippen LogP contribution in [0.15, 0.2) is 47.3 Å². The van der Waals surface area contributed by atoms with Crippen LogP contribution in [0.3, 0.4) is 0 Å². The first-order valence-electron chi connectivity index (χ1n) is 8.83. The number of aromatic amines is 1. The lowest BCUT2D eigenvalue weighted by Gasteiger charge is -2.19. The summed E-state index contributed by atoms with van der Waals surface area (Å²) in [6.07, 6.45) is -0.329. The molecule has 29 heavy (non-hydrogen) atoms. The van der Waals surface area contributed by atoms with Gasteiger partial charge in [-0.05, 0) is 29.8 Å². The Bertz CT molecular complexity index is 1100. The monoisotopic (exact) mass is 399 g/mol. The van der Waals surface area contributed by atoms with Crippen LogP contribution in [0.1, 0.15) is 18.0 Å². The van der Waals surface area contributed by atoms with Crippen molar-refractivity contribution in [3.8, 4) is 11.5 Å². The number of hydrogen-bond acceptors (Lipinski definition) is 5. The van der Waals surface area contributed by atoms with E-state index >= 15 is 0 Å². The van der Waals surface area contributed by atoms with E-state index in [-0.39, 0.29) is 13.0 Å². The van der Waals surface area contributed by atoms with E-state index in [1.54, 1.807) is 42.5 Å². The van der Waals surface area contributed by atoms with Crippen molar-refractivity contribution >= 4 is 22.9 Å². The number of para-hydroxylation sites is 2. The number of carbonyl (C=O) groups is 2. The molecule has 0 saturated carbocycles. The first-order valence-corrected chi connectivity index (χ1v) is 8.83. The lowest BCUT2D eigenvalue weighted by Crippen LogP contribution is -2.35. The van der Waals surface area contributed by atoms with Crippen LogP contribution in [0.4, 0.5) is 0 Å². The molecule has 3 rings (SSSR count). The number of carboxylic acids is 1. The van der Waals surface area contributed by atoms with E-state index in [0.29, 0.717) is 28.1 Å². The smallest absolute Gasteiger partial charge is 0.326 e. The summed E-state index contributed by atoms with van der Waals surface area (Å²) in [6.45, 7) is -0.244. The third-order valence-electron chi connectivity index (χ3n) is 4.51. The summed E-state index contributed by atoms with van der Waals surface area (Å²) in [5.41, 5.74) is 1.34. The van der Waals surface area contributed by atoms with Crippen LogP contribution in [0.5, 0.6) is 11.5 Å². The van der Waals surface area contributed by atoms with Gasteiger partial charge >= 0.3 is 11.7 Å². The van der Waals surface area contributed by atoms with Gasteiger partial charge in [-0.3, -0.25) is 14.2 Å². The molecule has 152 valence electrons. The lowest BCUT2D eigenvalue weighted by atomic mass is 10.0. The number of aliphatic carboxylic acids is 1. The predicted molar refractivity (Wildman–Crippen MR) is 105 cm³/mol. The molecule has 0 saturated heterocycles. The Morgan fingerprint density at radius 3 is 2.55 bits per heavy atom. The normalized spacial score (nSPS) is 11.8. The zero-order chi connectivity index (χ0) is 21.0. The summed E-state index contributed by atoms with van der Waals surface area (Å²) in [5.74, 6) is -0.656. The summed E-state index contributed by atoms with van der Waals surface area (Å²) >= 11 is 0. The fraction of sp³-hybridized carbons (Fsp3) is 0.250. The molecule has 9 nitrogen and oxygen atoms in total. The molecule has 0 fully saturated rings. The molecule has 3 aromatic rings. The van der Waals surface area contributed by atoms with Crippen molar-refractivity contribution in [1.82, 2.24) is 14.9 Å². The lowest BCUT2D eigenvalue weighted by molar-refractivity contribution is -0.137. The van der Waals surface area contributed by atoms with Crippen LogP contribution >= 0.6 is 0 Å². The van der Waals surface area contributed by atoms with Crippen molar-refractivity contribution in [2.75, 3.05) is 14.2 Å². The molecule has 1 unspecified atom stereocenters. The van der Waals surface area contributed by atoms with Gasteiger partial charge in [0.25, 0.3) is 0 Å². The SMILES string of the molecule is COc1ccc(C(CC(=O)O)NC(=O)Cn2c(=O)[nH]c3ccccc32)cc1OC. The highest BCUT2D eigenvalue weighted by Gasteiger charge is 2.21. The Labute approximate surface area is 165 Å². The van der Waals surface area contributed by atoms with Gasteiger partial charge in [-0.25, -0.2) is 4.79 Å². The van der Waals surface area contributed by atoms with Gasteiger partial charge in [-0.15, -0.1) is 0 Å². The molecule has 0 aliphatic rings. The molecule has 1 heterocycles. The molecule has 1 atom stereocenters. The summed E-state index contributed by atoms with van der Waals surface area (Å²) in [4.78, 5) is 38.8. The van der Waals surface area contributed by atoms with E-state index < -0.39 is 23.6 Å². The number of amides is 1. The molecule has 0 bridgehead atoms. The van der Waals surface area contributed by atoms with Crippen LogP contribution in [0.25, 0.3) is 11.0 Å². The molecular weight excluding hydrogens is 378 g/mol. The van der Waals surface area contributed by atoms with Crippen LogP contribution in [-0.2, 0) is 16.1 Å². The van der Waals surface area contributed by atoms with Gasteiger partial charge in [-0.2, -0.15) is 0 Å². The summed E-state index contributed by atoms with van der Waals surface area (Å²) in [5, 5.41) is 12.0. The Morgan fingerprint density at radius 1 is 1.14 bits per heavy atom. The van der Waals surface area contributed by atoms with Crippen LogP contribution in [-0.4, -0.2) is 40.8 Å². The van der Waals surface area contributed by atoms with Gasteiger partial charge in [0, 0.05) is 0 Å². The van der Waals surface area contributed by atoms with Gasteiger partial charge in [0.15, 0.2) is 11.5 Å². The zero-order valence-electron chi connectivity index (χ0n) is 16.0. The van der Waals surface area contributed by atoms with E-state index in [4.69, 9.17) is 9.47 Å². The minimum atomic E-state index is -1.07. The topological polar surface area (TPSA) is 123 Å². The molecular formula is C20H21N3O6. The number of methoxy groups -OCH3 is 2. The van der Waals surface area contributed by atoms with Gasteiger partial charge in [-0.1, -0.05) is 18.2 Å². The summed E-state index contributed by atoms with van der Waals surface area (Å²) in [6, 6.07) is 11.1. The maximum atomic E-state index is 12.6. The Hall–Kier alpha value is -3.75. The van der Waals surface area contributed by atoms with Crippen molar-refractivity contribution in [2.24, 2.45) is 0 Å². The number of rotatable bonds is 8. The fourth-order valence-electron chi connectivity index (χ4n) is 3.14. The van der Waals surface area contributed by atoms with E-state index in [2.05, 4.69) is 10.3 Å². The molecule has 0 spiro atoms. The number of aromatic nitrogens is 2. The number of carboxylic acid groups (broad SMARTS) is 1. The number of hydrogen-bond donors (Lipinski definition) is 3. The molecule has 3 N–H and O–H groups in total. The molecule has 0 radical (unpaired) electrons. The van der Waals surface area contributed by atoms with Crippen molar-refractivity contribution in [1.29, 1.82) is 0 Å². The third kappa shape index (κ3) is 4.40. The van der Waals surface area contributed by atoms with Crippen molar-refractivity contribution in [3.63, 3.8) is 0 Å². The van der Waals surface area contributed by atoms with Crippen LogP contribution < -0.4 is 20.5 Å². The highest BCUT2D eigenvalue weighted by molar-refractivity contribution is 5.81. The largest absolute Gasteiger partial charge is 0.493 e. The standard InChI is InChI=1S/C20H21N3O6/c1-28-16-8-7-12(9-17(16)29-2)14(10-19(25)26)21-18(24)11-23-15-6-4-3-5-13(15)22-20(23)27/h3-9,14H,10-11H2,1-2H3,(H,21,24)(H,22,27)(H,25,26). The van der Waals surface area contributed by atoms with Crippen molar-refractivity contribution in [2.45, 2.75) is 19.0 Å². The van der Waals surface area contributed by atoms with E-state index in [9.17, 15) is 19.5 Å². The number of H-pyrrole nitrogens is 1. The molecule has 0 aliphatic carbocycles. The minimum absolute atomic E-state index is 0.244. The molecule has 0 aliphatic heterocycles. The van der Waals surface area contributed by atoms with E-state index in [0.717, 1.165) is 0 Å². The molecule has 1 aromatic heterocycles. The summed E-state index contributed by atoms with van der Waals surface area (Å²) < 4.78 is 11.7. The maximum absolute atomic E-state index is 12.6. The average Bonchev–Trinajstić information content (AvgIpc) is 3.01. The molecule has 2 aromatic carbocycles. The first-order chi connectivity index (χ1) is 13.9. The predicted octanol–water partition coefficient (Wildman–Crippen LogP) is 1.68. The van der Waals surface area contributed by atoms with E-state index in [1.165, 1.54) is 18.8 Å². The van der Waals surface area contributed by atoms with Gasteiger partial charge in [0.05, 0.1) is 37.7 Å². The highest BCUT2D eigenvalue weighted by Crippen LogP contribution is 2.31. The number of imidazole rings is 1. The Morgan fingerprint density at radius 2 is 1.86 bits per heavy atom. The average molecular weight is 399 g/mol. The second-order valence-corrected chi connectivity index (χ2v) is 6.37. The number of nitrogens with one attached hydrogen (secondary N) is 2. The van der Waals surface area contributed by atoms with Gasteiger partial charge in [0.2, 0.25) is 5.91 Å². The fourth-order valence-corrected chi connectivity index (χ4v) is 3.14. The zero-order valence-corrected chi connectivity index (χ0v) is 16.0. The third-order valence-corrected chi connectivity index (χ3v) is 4.51. The Balaban J connectivity index is 1.85. The minimum Gasteiger partial charge on any atom is -0.493 e. The number of benzene rings is 2. The molecule has 1 amide bonds. The quantitative estimate of drug-likeness (QED) is 0.530. The second-order valence-electron chi connectivity index (χ2n) is 6.37. The second kappa shape index (κ2) is 8.51. The van der Waals surface area contributed by atoms with Crippen LogP contribution in [0.2, 0.25) is 0 Å². The maximum Gasteiger partial charge on any atom is 0.326 e. The molecule has 9 heteroatoms. The van der Waals surface area contributed by atoms with Crippen LogP contribution in [0, 0.1) is 0 Å². The Kier molecular flexibility index (Phi) is 5.87. The van der Waals surface area contributed by atoms with Gasteiger partial charge in [0.1, 0.15) is 6.54 Å². The number of nitrogens with zero attached hydrogens (tertiary/aromatic N) is 1. The highest BCUT2D eigenvalue weighted by atomic mass is 16.5. The number of carbonyl (C=O) groups excluding carboxylic acids is 1.